The summed E-state index contributed by atoms with van der Waals surface area (Å²) in [7, 11) is -9.36. The number of halogens is 2. The molecule has 0 atom stereocenters. The summed E-state index contributed by atoms with van der Waals surface area (Å²) in [5, 5.41) is 58.2. The molecule has 0 heterocycles. The van der Waals surface area contributed by atoms with Crippen molar-refractivity contribution in [3.63, 3.8) is 0 Å². The maximum atomic E-state index is 13.4. The first kappa shape index (κ1) is 57.6. The molecule has 0 unspecified atom stereocenters. The largest absolute Gasteiger partial charge is 2.00 e. The number of phenols is 1. The second kappa shape index (κ2) is 24.7. The molecular formula is C52H42CaCl2N6O12S2. The van der Waals surface area contributed by atoms with Crippen LogP contribution in [0.2, 0.25) is 10.0 Å². The number of carbonyl (C=O) groups excluding carboxylic acids is 1. The molecule has 0 aromatic heterocycles. The predicted molar refractivity (Wildman–Crippen MR) is 284 cm³/mol. The number of fused-ring (bicyclic) bond motifs is 2. The Bertz CT molecular complexity index is 3830. The first-order valence-corrected chi connectivity index (χ1v) is 25.7. The van der Waals surface area contributed by atoms with E-state index in [1.165, 1.54) is 24.3 Å². The van der Waals surface area contributed by atoms with Crippen LogP contribution in [0.3, 0.4) is 0 Å². The van der Waals surface area contributed by atoms with Crippen molar-refractivity contribution in [2.24, 2.45) is 25.4 Å². The number of hydrogen-bond acceptors (Lipinski definition) is 15. The zero-order valence-corrected chi connectivity index (χ0v) is 45.5. The van der Waals surface area contributed by atoms with Crippen molar-refractivity contribution in [2.75, 3.05) is 18.5 Å². The van der Waals surface area contributed by atoms with Gasteiger partial charge in [0.05, 0.1) is 40.2 Å². The number of nitrogens with zero attached hydrogens (tertiary/aromatic N) is 5. The van der Waals surface area contributed by atoms with Gasteiger partial charge in [0.1, 0.15) is 44.0 Å². The Hall–Kier alpha value is -6.72. The number of hydrogen-bond donors (Lipinski definition) is 4. The fourth-order valence-corrected chi connectivity index (χ4v) is 9.07. The number of para-hydroxylation sites is 4. The Kier molecular flexibility index (Phi) is 19.0. The molecule has 0 saturated carbocycles. The molecule has 0 spiro atoms. The number of aryl methyl sites for hydroxylation is 2. The molecule has 0 saturated heterocycles. The van der Waals surface area contributed by atoms with Crippen molar-refractivity contribution in [2.45, 2.75) is 37.5 Å². The van der Waals surface area contributed by atoms with Crippen LogP contribution in [0.1, 0.15) is 40.9 Å². The van der Waals surface area contributed by atoms with Gasteiger partial charge in [-0.3, -0.25) is 18.9 Å². The van der Waals surface area contributed by atoms with Crippen molar-refractivity contribution in [1.29, 1.82) is 0 Å². The van der Waals surface area contributed by atoms with E-state index in [0.29, 0.717) is 63.1 Å². The Morgan fingerprint density at radius 2 is 1.05 bits per heavy atom. The molecule has 0 radical (unpaired) electrons. The fourth-order valence-electron chi connectivity index (χ4n) is 7.30. The minimum absolute atomic E-state index is 0. The molecule has 1 amide bonds. The summed E-state index contributed by atoms with van der Waals surface area (Å²) in [5.74, 6) is -1.83. The number of amides is 1. The molecule has 0 aliphatic carbocycles. The molecule has 0 aliphatic rings. The molecule has 380 valence electrons. The number of benzene rings is 8. The van der Waals surface area contributed by atoms with Gasteiger partial charge in [0, 0.05) is 10.8 Å². The second-order valence-corrected chi connectivity index (χ2v) is 19.3. The predicted octanol–water partition coefficient (Wildman–Crippen LogP) is 11.8. The number of ether oxygens (including phenoxy) is 2. The van der Waals surface area contributed by atoms with E-state index < -0.39 is 53.3 Å². The van der Waals surface area contributed by atoms with Gasteiger partial charge >= 0.3 is 37.7 Å². The number of azo groups is 2. The topological polar surface area (TPSA) is 284 Å². The van der Waals surface area contributed by atoms with Crippen LogP contribution in [-0.2, 0) is 20.2 Å². The number of anilines is 1. The van der Waals surface area contributed by atoms with Crippen molar-refractivity contribution in [1.82, 2.24) is 0 Å². The van der Waals surface area contributed by atoms with Gasteiger partial charge in [-0.1, -0.05) is 114 Å². The maximum absolute atomic E-state index is 13.4. The molecular weight excluding hydrogens is 1080 g/mol. The molecule has 0 aliphatic heterocycles. The van der Waals surface area contributed by atoms with Crippen molar-refractivity contribution >= 4 is 149 Å². The maximum Gasteiger partial charge on any atom is 2.00 e. The summed E-state index contributed by atoms with van der Waals surface area (Å²) in [6.45, 7) is 7.62. The van der Waals surface area contributed by atoms with E-state index in [1.807, 2.05) is 6.92 Å². The van der Waals surface area contributed by atoms with Crippen molar-refractivity contribution in [3.8, 4) is 23.0 Å². The van der Waals surface area contributed by atoms with E-state index in [2.05, 4.69) is 30.8 Å². The van der Waals surface area contributed by atoms with Crippen LogP contribution in [-0.4, -0.2) is 93.8 Å². The molecule has 23 heteroatoms. The van der Waals surface area contributed by atoms with E-state index in [1.54, 1.807) is 118 Å². The third-order valence-electron chi connectivity index (χ3n) is 10.9. The van der Waals surface area contributed by atoms with Crippen LogP contribution in [0.5, 0.6) is 23.0 Å². The average Bonchev–Trinajstić information content (AvgIpc) is 3.36. The summed E-state index contributed by atoms with van der Waals surface area (Å²) in [6, 6.07) is 35.1. The van der Waals surface area contributed by atoms with Crippen LogP contribution in [0.15, 0.2) is 169 Å². The van der Waals surface area contributed by atoms with Crippen molar-refractivity contribution < 1.29 is 55.5 Å². The fraction of sp³-hybridized carbons (Fsp3) is 0.115. The van der Waals surface area contributed by atoms with Gasteiger partial charge in [0.15, 0.2) is 5.75 Å². The molecule has 4 N–H and O–H groups in total. The van der Waals surface area contributed by atoms with Crippen LogP contribution in [0.25, 0.3) is 21.5 Å². The van der Waals surface area contributed by atoms with E-state index in [0.717, 1.165) is 12.1 Å². The summed E-state index contributed by atoms with van der Waals surface area (Å²) < 4.78 is 77.8. The Balaban J connectivity index is 0.000000241. The van der Waals surface area contributed by atoms with Gasteiger partial charge < -0.3 is 30.1 Å². The van der Waals surface area contributed by atoms with Gasteiger partial charge in [-0.25, -0.2) is 0 Å². The van der Waals surface area contributed by atoms with Crippen LogP contribution >= 0.6 is 23.2 Å². The smallest absolute Gasteiger partial charge is 0.871 e. The Labute approximate surface area is 470 Å². The standard InChI is InChI=1S/2C26H22ClN3O6S.Ca/c2*1-3-36-20-11-7-6-10-19(20)28-26(32)18-14-16-8-4-5-9-17(16)23(25(18)31)29-30-24-21(37(33,34)35)13-12-15(2)22(24)27;/h2*4-14,31H,3H2,1-2H3,(H,28,32)(H,33,34,35);/q;;+2/p-2. The Morgan fingerprint density at radius 3 is 1.60 bits per heavy atom. The average molecular weight is 1120 g/mol. The third-order valence-corrected chi connectivity index (χ3v) is 13.6. The van der Waals surface area contributed by atoms with Crippen LogP contribution < -0.4 is 25.0 Å². The monoisotopic (exact) mass is 1120 g/mol. The number of nitrogens with one attached hydrogen (secondary N) is 1. The molecule has 8 aromatic rings. The molecule has 0 bridgehead atoms. The summed E-state index contributed by atoms with van der Waals surface area (Å²) in [4.78, 5) is 16.2. The quantitative estimate of drug-likeness (QED) is 0.0260. The zero-order valence-electron chi connectivity index (χ0n) is 40.1. The van der Waals surface area contributed by atoms with Crippen molar-refractivity contribution in [3.05, 3.63) is 166 Å². The minimum Gasteiger partial charge on any atom is -0.871 e. The van der Waals surface area contributed by atoms with E-state index in [-0.39, 0.29) is 87.3 Å². The second-order valence-electron chi connectivity index (χ2n) is 15.8. The molecule has 75 heavy (non-hydrogen) atoms. The molecule has 18 nitrogen and oxygen atoms in total. The Morgan fingerprint density at radius 1 is 0.613 bits per heavy atom. The number of rotatable bonds is 14. The van der Waals surface area contributed by atoms with Gasteiger partial charge in [0.25, 0.3) is 26.1 Å². The zero-order chi connectivity index (χ0) is 53.5. The van der Waals surface area contributed by atoms with Gasteiger partial charge in [-0.15, -0.1) is 15.3 Å². The first-order valence-electron chi connectivity index (χ1n) is 22.1. The van der Waals surface area contributed by atoms with Crippen LogP contribution in [0.4, 0.5) is 34.1 Å². The SMILES string of the molecule is CCOc1ccccc1N=C([O-])c1cc2ccccc2c(N=Nc2c(S(=O)(=O)O)ccc(C)c2Cl)c1[O-].CCOc1ccccc1NC(=O)c1cc2ccccc2c(N=Nc2c(S(=O)(=O)O)ccc(C)c2Cl)c1O.[Ca+2]. The first-order chi connectivity index (χ1) is 35.2. The molecule has 8 rings (SSSR count). The molecule has 8 aromatic carbocycles. The summed E-state index contributed by atoms with van der Waals surface area (Å²) in [6.07, 6.45) is 0. The number of phenolic OH excluding ortho intramolecular Hbond substituents is 1. The van der Waals surface area contributed by atoms with Gasteiger partial charge in [-0.2, -0.15) is 21.9 Å². The molecule has 0 fully saturated rings. The van der Waals surface area contributed by atoms with E-state index in [9.17, 15) is 46.1 Å². The normalized spacial score (nSPS) is 11.9. The summed E-state index contributed by atoms with van der Waals surface area (Å²) in [5.41, 5.74) is 0.364. The summed E-state index contributed by atoms with van der Waals surface area (Å²) >= 11 is 12.5. The van der Waals surface area contributed by atoms with Gasteiger partial charge in [0.2, 0.25) is 0 Å². The van der Waals surface area contributed by atoms with Crippen LogP contribution in [0, 0.1) is 13.8 Å². The third kappa shape index (κ3) is 13.2. The number of carbonyl (C=O) groups is 1. The van der Waals surface area contributed by atoms with E-state index in [4.69, 9.17) is 32.7 Å². The van der Waals surface area contributed by atoms with Gasteiger partial charge in [-0.05, 0) is 110 Å². The van der Waals surface area contributed by atoms with E-state index >= 15 is 0 Å². The minimum atomic E-state index is -4.69. The number of aliphatic imine (C=N–C) groups is 1. The number of aromatic hydroxyl groups is 1.